The van der Waals surface area contributed by atoms with Gasteiger partial charge in [0.2, 0.25) is 0 Å². The van der Waals surface area contributed by atoms with Crippen molar-refractivity contribution in [3.63, 3.8) is 0 Å². The predicted molar refractivity (Wildman–Crippen MR) is 97.6 cm³/mol. The van der Waals surface area contributed by atoms with Crippen LogP contribution in [-0.4, -0.2) is 60.8 Å². The van der Waals surface area contributed by atoms with Gasteiger partial charge >= 0.3 is 6.03 Å². The van der Waals surface area contributed by atoms with Crippen LogP contribution in [0, 0.1) is 12.7 Å². The molecule has 3 heterocycles. The molecule has 0 saturated carbocycles. The van der Waals surface area contributed by atoms with Crippen molar-refractivity contribution in [2.75, 3.05) is 32.8 Å². The van der Waals surface area contributed by atoms with Gasteiger partial charge in [0.1, 0.15) is 5.82 Å². The number of ether oxygens (including phenoxy) is 1. The maximum atomic E-state index is 14.7. The summed E-state index contributed by atoms with van der Waals surface area (Å²) < 4.78 is 20.1. The first-order valence-electron chi connectivity index (χ1n) is 9.78. The molecule has 1 atom stereocenters. The van der Waals surface area contributed by atoms with Crippen molar-refractivity contribution in [2.45, 2.75) is 50.7 Å². The molecular formula is C20H28FN3O2. The van der Waals surface area contributed by atoms with Gasteiger partial charge in [0, 0.05) is 37.4 Å². The summed E-state index contributed by atoms with van der Waals surface area (Å²) in [6, 6.07) is 5.50. The summed E-state index contributed by atoms with van der Waals surface area (Å²) in [6.07, 6.45) is 3.60. The van der Waals surface area contributed by atoms with Crippen LogP contribution < -0.4 is 5.32 Å². The minimum atomic E-state index is -0.207. The minimum absolute atomic E-state index is 0.0784. The average Bonchev–Trinajstić information content (AvgIpc) is 3.02. The summed E-state index contributed by atoms with van der Waals surface area (Å²) in [7, 11) is 0. The van der Waals surface area contributed by atoms with Crippen molar-refractivity contribution in [1.82, 2.24) is 15.1 Å². The predicted octanol–water partition coefficient (Wildman–Crippen LogP) is 2.84. The second-order valence-corrected chi connectivity index (χ2v) is 7.71. The minimum Gasteiger partial charge on any atom is -0.381 e. The zero-order valence-corrected chi connectivity index (χ0v) is 15.4. The van der Waals surface area contributed by atoms with E-state index in [1.807, 2.05) is 22.8 Å². The first kappa shape index (κ1) is 17.7. The average molecular weight is 361 g/mol. The van der Waals surface area contributed by atoms with Crippen molar-refractivity contribution < 1.29 is 13.9 Å². The Balaban J connectivity index is 1.66. The van der Waals surface area contributed by atoms with Crippen LogP contribution in [0.1, 0.15) is 42.9 Å². The highest BCUT2D eigenvalue weighted by Crippen LogP contribution is 2.37. The van der Waals surface area contributed by atoms with Crippen LogP contribution in [-0.2, 0) is 4.74 Å². The monoisotopic (exact) mass is 361 g/mol. The Kier molecular flexibility index (Phi) is 5.14. The molecule has 0 aliphatic carbocycles. The zero-order chi connectivity index (χ0) is 18.1. The van der Waals surface area contributed by atoms with Gasteiger partial charge in [-0.1, -0.05) is 17.7 Å². The van der Waals surface area contributed by atoms with E-state index in [-0.39, 0.29) is 30.0 Å². The van der Waals surface area contributed by atoms with Crippen LogP contribution in [0.15, 0.2) is 18.2 Å². The molecule has 0 bridgehead atoms. The molecule has 3 saturated heterocycles. The highest BCUT2D eigenvalue weighted by atomic mass is 19.1. The molecule has 0 spiro atoms. The van der Waals surface area contributed by atoms with E-state index < -0.39 is 0 Å². The van der Waals surface area contributed by atoms with Gasteiger partial charge < -0.3 is 19.9 Å². The maximum absolute atomic E-state index is 14.7. The van der Waals surface area contributed by atoms with Gasteiger partial charge in [0.15, 0.2) is 0 Å². The smallest absolute Gasteiger partial charge is 0.321 e. The van der Waals surface area contributed by atoms with Gasteiger partial charge in [-0.3, -0.25) is 0 Å². The van der Waals surface area contributed by atoms with Gasteiger partial charge in [0.05, 0.1) is 6.04 Å². The largest absolute Gasteiger partial charge is 0.381 e. The number of rotatable bonds is 3. The molecule has 4 rings (SSSR count). The van der Waals surface area contributed by atoms with Crippen LogP contribution in [0.5, 0.6) is 0 Å². The number of benzene rings is 1. The van der Waals surface area contributed by atoms with Crippen LogP contribution in [0.4, 0.5) is 9.18 Å². The summed E-state index contributed by atoms with van der Waals surface area (Å²) in [5, 5.41) is 3.36. The van der Waals surface area contributed by atoms with Crippen molar-refractivity contribution in [3.8, 4) is 0 Å². The fourth-order valence-electron chi connectivity index (χ4n) is 4.60. The second kappa shape index (κ2) is 7.53. The number of piperidine rings is 1. The number of halogens is 1. The summed E-state index contributed by atoms with van der Waals surface area (Å²) in [6.45, 7) is 5.78. The van der Waals surface area contributed by atoms with Crippen LogP contribution in [0.3, 0.4) is 0 Å². The molecule has 6 heteroatoms. The normalized spacial score (nSPS) is 25.9. The lowest BCUT2D eigenvalue weighted by Crippen LogP contribution is -2.48. The zero-order valence-electron chi connectivity index (χ0n) is 15.4. The first-order chi connectivity index (χ1) is 12.6. The SMILES string of the molecule is Cc1ccc(F)c(C2CN(C3CCOCC3)C(=O)N2C2CCNCC2)c1. The van der Waals surface area contributed by atoms with Crippen LogP contribution in [0.2, 0.25) is 0 Å². The standard InChI is InChI=1S/C20H28FN3O2/c1-14-2-3-18(21)17(12-14)19-13-23(15-6-10-26-11-7-15)20(25)24(19)16-4-8-22-9-5-16/h2-3,12,15-16,19,22H,4-11,13H2,1H3. The van der Waals surface area contributed by atoms with E-state index in [0.29, 0.717) is 25.3 Å². The molecule has 3 aliphatic heterocycles. The quantitative estimate of drug-likeness (QED) is 0.900. The van der Waals surface area contributed by atoms with Gasteiger partial charge in [-0.2, -0.15) is 0 Å². The molecule has 2 amide bonds. The summed E-state index contributed by atoms with van der Waals surface area (Å²) in [5.74, 6) is -0.207. The number of nitrogens with zero attached hydrogens (tertiary/aromatic N) is 2. The number of hydrogen-bond donors (Lipinski definition) is 1. The highest BCUT2D eigenvalue weighted by Gasteiger charge is 2.45. The van der Waals surface area contributed by atoms with Gasteiger partial charge in [-0.25, -0.2) is 9.18 Å². The lowest BCUT2D eigenvalue weighted by molar-refractivity contribution is 0.0498. The fraction of sp³-hybridized carbons (Fsp3) is 0.650. The maximum Gasteiger partial charge on any atom is 0.321 e. The molecule has 5 nitrogen and oxygen atoms in total. The lowest BCUT2D eigenvalue weighted by Gasteiger charge is -2.36. The number of nitrogens with one attached hydrogen (secondary N) is 1. The Morgan fingerprint density at radius 2 is 1.85 bits per heavy atom. The fourth-order valence-corrected chi connectivity index (χ4v) is 4.60. The Morgan fingerprint density at radius 1 is 1.12 bits per heavy atom. The van der Waals surface area contributed by atoms with Crippen molar-refractivity contribution >= 4 is 6.03 Å². The number of carbonyl (C=O) groups is 1. The number of aryl methyl sites for hydroxylation is 1. The summed E-state index contributed by atoms with van der Waals surface area (Å²) in [5.41, 5.74) is 1.69. The molecule has 0 aromatic heterocycles. The number of carbonyl (C=O) groups excluding carboxylic acids is 1. The molecule has 26 heavy (non-hydrogen) atoms. The molecule has 1 aromatic rings. The summed E-state index contributed by atoms with van der Waals surface area (Å²) in [4.78, 5) is 17.3. The Labute approximate surface area is 154 Å². The molecule has 1 unspecified atom stereocenters. The highest BCUT2D eigenvalue weighted by molar-refractivity contribution is 5.78. The first-order valence-corrected chi connectivity index (χ1v) is 9.78. The van der Waals surface area contributed by atoms with Crippen molar-refractivity contribution in [3.05, 3.63) is 35.1 Å². The van der Waals surface area contributed by atoms with E-state index in [0.717, 1.165) is 44.3 Å². The van der Waals surface area contributed by atoms with Gasteiger partial charge in [-0.05, 0) is 51.8 Å². The number of amides is 2. The van der Waals surface area contributed by atoms with Crippen molar-refractivity contribution in [2.24, 2.45) is 0 Å². The number of urea groups is 1. The van der Waals surface area contributed by atoms with Crippen LogP contribution in [0.25, 0.3) is 0 Å². The van der Waals surface area contributed by atoms with E-state index in [9.17, 15) is 9.18 Å². The third kappa shape index (κ3) is 3.32. The van der Waals surface area contributed by atoms with E-state index in [1.165, 1.54) is 6.07 Å². The van der Waals surface area contributed by atoms with Crippen molar-refractivity contribution in [1.29, 1.82) is 0 Å². The Morgan fingerprint density at radius 3 is 2.58 bits per heavy atom. The lowest BCUT2D eigenvalue weighted by atomic mass is 9.98. The topological polar surface area (TPSA) is 44.8 Å². The van der Waals surface area contributed by atoms with E-state index in [1.54, 1.807) is 6.07 Å². The Hall–Kier alpha value is -1.66. The molecular weight excluding hydrogens is 333 g/mol. The third-order valence-corrected chi connectivity index (χ3v) is 6.02. The second-order valence-electron chi connectivity index (χ2n) is 7.71. The van der Waals surface area contributed by atoms with Gasteiger partial charge in [0.25, 0.3) is 0 Å². The number of hydrogen-bond acceptors (Lipinski definition) is 3. The molecule has 3 aliphatic rings. The Bertz CT molecular complexity index is 656. The van der Waals surface area contributed by atoms with E-state index in [4.69, 9.17) is 4.74 Å². The van der Waals surface area contributed by atoms with Gasteiger partial charge in [-0.15, -0.1) is 0 Å². The molecule has 1 N–H and O–H groups in total. The molecule has 1 aromatic carbocycles. The molecule has 0 radical (unpaired) electrons. The van der Waals surface area contributed by atoms with E-state index >= 15 is 0 Å². The van der Waals surface area contributed by atoms with E-state index in [2.05, 4.69) is 5.32 Å². The van der Waals surface area contributed by atoms with Crippen LogP contribution >= 0.6 is 0 Å². The molecule has 3 fully saturated rings. The summed E-state index contributed by atoms with van der Waals surface area (Å²) >= 11 is 0. The molecule has 142 valence electrons. The third-order valence-electron chi connectivity index (χ3n) is 6.02.